The largest absolute Gasteiger partial charge is 0.390 e. The standard InChI is InChI=1S/C19H28N4O3/c1-12-3-13(2)23(22-12)10-17(25)21-20-16(24)9-18-5-14-4-15(6-18)8-19(26,7-14)11-18/h3,14-15,26H,4-11H2,1-2H3,(H,20,24)(H,21,25)/t14-,15-,18?,19?/m1/s1. The summed E-state index contributed by atoms with van der Waals surface area (Å²) >= 11 is 0. The first-order valence-corrected chi connectivity index (χ1v) is 9.55. The molecule has 142 valence electrons. The molecule has 7 nitrogen and oxygen atoms in total. The predicted molar refractivity (Wildman–Crippen MR) is 94.7 cm³/mol. The molecule has 4 saturated carbocycles. The number of carbonyl (C=O) groups is 2. The maximum Gasteiger partial charge on any atom is 0.260 e. The number of carbonyl (C=O) groups excluding carboxylic acids is 2. The number of hydrazine groups is 1. The highest BCUT2D eigenvalue weighted by Crippen LogP contribution is 2.62. The molecular weight excluding hydrogens is 332 g/mol. The first kappa shape index (κ1) is 17.5. The van der Waals surface area contributed by atoms with Crippen molar-refractivity contribution in [1.29, 1.82) is 0 Å². The van der Waals surface area contributed by atoms with Gasteiger partial charge in [-0.2, -0.15) is 5.10 Å². The van der Waals surface area contributed by atoms with E-state index in [1.54, 1.807) is 4.68 Å². The van der Waals surface area contributed by atoms with Crippen molar-refractivity contribution in [3.63, 3.8) is 0 Å². The van der Waals surface area contributed by atoms with E-state index in [1.165, 1.54) is 6.42 Å². The average Bonchev–Trinajstić information content (AvgIpc) is 2.79. The van der Waals surface area contributed by atoms with Crippen molar-refractivity contribution in [2.75, 3.05) is 0 Å². The van der Waals surface area contributed by atoms with E-state index in [0.717, 1.165) is 43.5 Å². The molecule has 0 aromatic carbocycles. The molecule has 4 fully saturated rings. The molecule has 4 aliphatic rings. The molecule has 26 heavy (non-hydrogen) atoms. The van der Waals surface area contributed by atoms with Crippen molar-refractivity contribution in [1.82, 2.24) is 20.6 Å². The molecule has 0 unspecified atom stereocenters. The van der Waals surface area contributed by atoms with Crippen LogP contribution in [-0.2, 0) is 16.1 Å². The van der Waals surface area contributed by atoms with E-state index < -0.39 is 5.60 Å². The van der Waals surface area contributed by atoms with Crippen LogP contribution in [0.15, 0.2) is 6.07 Å². The summed E-state index contributed by atoms with van der Waals surface area (Å²) in [5.41, 5.74) is 6.16. The van der Waals surface area contributed by atoms with Crippen molar-refractivity contribution in [3.8, 4) is 0 Å². The van der Waals surface area contributed by atoms with E-state index in [9.17, 15) is 14.7 Å². The SMILES string of the molecule is Cc1cc(C)n(CC(=O)NNC(=O)CC23C[C@H]4C[C@@H](CC(O)(C4)C2)C3)n1. The molecule has 4 aliphatic carbocycles. The quantitative estimate of drug-likeness (QED) is 0.707. The lowest BCUT2D eigenvalue weighted by Crippen LogP contribution is -2.57. The average molecular weight is 360 g/mol. The summed E-state index contributed by atoms with van der Waals surface area (Å²) in [5, 5.41) is 15.0. The zero-order valence-corrected chi connectivity index (χ0v) is 15.5. The summed E-state index contributed by atoms with van der Waals surface area (Å²) in [4.78, 5) is 24.5. The van der Waals surface area contributed by atoms with Crippen LogP contribution >= 0.6 is 0 Å². The van der Waals surface area contributed by atoms with E-state index in [0.29, 0.717) is 18.3 Å². The van der Waals surface area contributed by atoms with Gasteiger partial charge in [0.05, 0.1) is 11.3 Å². The Morgan fingerprint density at radius 1 is 1.19 bits per heavy atom. The van der Waals surface area contributed by atoms with Gasteiger partial charge >= 0.3 is 0 Å². The smallest absolute Gasteiger partial charge is 0.260 e. The number of aliphatic hydroxyl groups is 1. The second kappa shape index (κ2) is 6.08. The molecule has 2 atom stereocenters. The van der Waals surface area contributed by atoms with Gasteiger partial charge in [-0.15, -0.1) is 0 Å². The molecule has 4 bridgehead atoms. The number of hydrogen-bond acceptors (Lipinski definition) is 4. The highest BCUT2D eigenvalue weighted by atomic mass is 16.3. The van der Waals surface area contributed by atoms with Gasteiger partial charge in [0.2, 0.25) is 5.91 Å². The van der Waals surface area contributed by atoms with Gasteiger partial charge < -0.3 is 5.11 Å². The second-order valence-corrected chi connectivity index (χ2v) is 9.04. The molecule has 0 saturated heterocycles. The van der Waals surface area contributed by atoms with Crippen molar-refractivity contribution in [2.24, 2.45) is 17.3 Å². The van der Waals surface area contributed by atoms with Crippen molar-refractivity contribution >= 4 is 11.8 Å². The van der Waals surface area contributed by atoms with Gasteiger partial charge in [-0.25, -0.2) is 0 Å². The lowest BCUT2D eigenvalue weighted by Gasteiger charge is -2.60. The minimum atomic E-state index is -0.566. The van der Waals surface area contributed by atoms with E-state index in [2.05, 4.69) is 16.0 Å². The molecule has 2 amide bonds. The third-order valence-electron chi connectivity index (χ3n) is 6.43. The van der Waals surface area contributed by atoms with Crippen LogP contribution < -0.4 is 10.9 Å². The fourth-order valence-electron chi connectivity index (χ4n) is 6.14. The van der Waals surface area contributed by atoms with Gasteiger partial charge in [-0.3, -0.25) is 25.1 Å². The molecule has 0 aliphatic heterocycles. The van der Waals surface area contributed by atoms with Gasteiger partial charge in [0.15, 0.2) is 0 Å². The number of nitrogens with one attached hydrogen (secondary N) is 2. The summed E-state index contributed by atoms with van der Waals surface area (Å²) in [5.74, 6) is 0.635. The Labute approximate surface area is 153 Å². The fraction of sp³-hybridized carbons (Fsp3) is 0.737. The summed E-state index contributed by atoms with van der Waals surface area (Å²) in [6.45, 7) is 3.85. The number of aromatic nitrogens is 2. The van der Waals surface area contributed by atoms with Crippen LogP contribution in [-0.4, -0.2) is 32.3 Å². The van der Waals surface area contributed by atoms with Gasteiger partial charge in [0.1, 0.15) is 6.54 Å². The van der Waals surface area contributed by atoms with Crippen LogP contribution in [0.2, 0.25) is 0 Å². The Morgan fingerprint density at radius 3 is 2.42 bits per heavy atom. The summed E-state index contributed by atoms with van der Waals surface area (Å²) in [6.07, 6.45) is 6.14. The summed E-state index contributed by atoms with van der Waals surface area (Å²) < 4.78 is 1.62. The van der Waals surface area contributed by atoms with E-state index in [1.807, 2.05) is 19.9 Å². The van der Waals surface area contributed by atoms with E-state index >= 15 is 0 Å². The van der Waals surface area contributed by atoms with Gasteiger partial charge in [-0.1, -0.05) is 0 Å². The molecule has 1 aromatic heterocycles. The van der Waals surface area contributed by atoms with Gasteiger partial charge in [0, 0.05) is 12.1 Å². The molecule has 3 N–H and O–H groups in total. The predicted octanol–water partition coefficient (Wildman–Crippen LogP) is 1.37. The Balaban J connectivity index is 1.30. The lowest BCUT2D eigenvalue weighted by atomic mass is 9.47. The third kappa shape index (κ3) is 3.37. The first-order valence-electron chi connectivity index (χ1n) is 9.55. The number of nitrogens with zero attached hydrogens (tertiary/aromatic N) is 2. The van der Waals surface area contributed by atoms with Crippen LogP contribution in [0.1, 0.15) is 56.3 Å². The summed E-state index contributed by atoms with van der Waals surface area (Å²) in [6, 6.07) is 1.91. The van der Waals surface area contributed by atoms with Crippen LogP contribution in [0.3, 0.4) is 0 Å². The van der Waals surface area contributed by atoms with Crippen molar-refractivity contribution in [3.05, 3.63) is 17.5 Å². The molecule has 7 heteroatoms. The second-order valence-electron chi connectivity index (χ2n) is 9.04. The Hall–Kier alpha value is -1.89. The zero-order valence-electron chi connectivity index (χ0n) is 15.5. The monoisotopic (exact) mass is 360 g/mol. The maximum atomic E-state index is 12.4. The molecule has 1 heterocycles. The highest BCUT2D eigenvalue weighted by molar-refractivity contribution is 5.82. The summed E-state index contributed by atoms with van der Waals surface area (Å²) in [7, 11) is 0. The van der Waals surface area contributed by atoms with Crippen LogP contribution in [0.4, 0.5) is 0 Å². The molecule has 0 spiro atoms. The lowest BCUT2D eigenvalue weighted by molar-refractivity contribution is -0.169. The first-order chi connectivity index (χ1) is 12.2. The Bertz CT molecular complexity index is 727. The van der Waals surface area contributed by atoms with Gasteiger partial charge in [-0.05, 0) is 75.7 Å². The topological polar surface area (TPSA) is 96.2 Å². The maximum absolute atomic E-state index is 12.4. The molecule has 5 rings (SSSR count). The zero-order chi connectivity index (χ0) is 18.5. The van der Waals surface area contributed by atoms with Crippen LogP contribution in [0.25, 0.3) is 0 Å². The molecule has 0 radical (unpaired) electrons. The van der Waals surface area contributed by atoms with Crippen molar-refractivity contribution < 1.29 is 14.7 Å². The number of rotatable bonds is 4. The molecular formula is C19H28N4O3. The van der Waals surface area contributed by atoms with Gasteiger partial charge in [0.25, 0.3) is 5.91 Å². The fourth-order valence-corrected chi connectivity index (χ4v) is 6.14. The number of amides is 2. The van der Waals surface area contributed by atoms with Crippen LogP contribution in [0.5, 0.6) is 0 Å². The van der Waals surface area contributed by atoms with E-state index in [4.69, 9.17) is 0 Å². The number of hydrogen-bond donors (Lipinski definition) is 3. The normalized spacial score (nSPS) is 34.7. The van der Waals surface area contributed by atoms with Crippen LogP contribution in [0, 0.1) is 31.1 Å². The Morgan fingerprint density at radius 2 is 1.85 bits per heavy atom. The Kier molecular flexibility index (Phi) is 4.10. The number of aryl methyl sites for hydroxylation is 2. The minimum Gasteiger partial charge on any atom is -0.390 e. The van der Waals surface area contributed by atoms with Crippen molar-refractivity contribution in [2.45, 2.75) is 70.9 Å². The van der Waals surface area contributed by atoms with E-state index in [-0.39, 0.29) is 23.8 Å². The third-order valence-corrected chi connectivity index (χ3v) is 6.43. The highest BCUT2D eigenvalue weighted by Gasteiger charge is 2.57. The minimum absolute atomic E-state index is 0.0784. The molecule has 1 aromatic rings.